The Morgan fingerprint density at radius 2 is 1.95 bits per heavy atom. The summed E-state index contributed by atoms with van der Waals surface area (Å²) in [6, 6.07) is 5.87. The van der Waals surface area contributed by atoms with Crippen LogP contribution < -0.4 is 19.7 Å². The summed E-state index contributed by atoms with van der Waals surface area (Å²) in [5.41, 5.74) is 4.15. The van der Waals surface area contributed by atoms with Crippen molar-refractivity contribution in [1.82, 2.24) is 24.2 Å². The number of aryl methyl sites for hydroxylation is 1. The van der Waals surface area contributed by atoms with Gasteiger partial charge in [-0.05, 0) is 26.0 Å². The average Bonchev–Trinajstić information content (AvgIpc) is 3.49. The first kappa shape index (κ1) is 25.3. The summed E-state index contributed by atoms with van der Waals surface area (Å²) in [4.78, 5) is 18.7. The smallest absolute Gasteiger partial charge is 0.241 e. The minimum Gasteiger partial charge on any atom is -0.495 e. The summed E-state index contributed by atoms with van der Waals surface area (Å²) >= 11 is 0. The number of rotatable bonds is 7. The topological polar surface area (TPSA) is 118 Å². The molecule has 0 unspecified atom stereocenters. The van der Waals surface area contributed by atoms with Crippen LogP contribution in [0.5, 0.6) is 11.6 Å². The van der Waals surface area contributed by atoms with Crippen LogP contribution in [0.3, 0.4) is 0 Å². The Labute approximate surface area is 216 Å². The van der Waals surface area contributed by atoms with E-state index in [0.29, 0.717) is 56.5 Å². The Kier molecular flexibility index (Phi) is 6.71. The van der Waals surface area contributed by atoms with Gasteiger partial charge in [-0.15, -0.1) is 0 Å². The number of hydrogen-bond acceptors (Lipinski definition) is 8. The lowest BCUT2D eigenvalue weighted by Crippen LogP contribution is -2.48. The van der Waals surface area contributed by atoms with Crippen molar-refractivity contribution in [2.75, 3.05) is 51.0 Å². The number of amides is 1. The highest BCUT2D eigenvalue weighted by Crippen LogP contribution is 2.35. The fourth-order valence-corrected chi connectivity index (χ4v) is 5.76. The molecule has 0 saturated carbocycles. The molecule has 0 aliphatic carbocycles. The van der Waals surface area contributed by atoms with Gasteiger partial charge in [0.05, 0.1) is 37.1 Å². The van der Waals surface area contributed by atoms with Crippen LogP contribution in [0, 0.1) is 12.8 Å². The van der Waals surface area contributed by atoms with E-state index >= 15 is 0 Å². The molecule has 2 aliphatic heterocycles. The minimum atomic E-state index is -3.20. The summed E-state index contributed by atoms with van der Waals surface area (Å²) in [7, 11) is -1.58. The molecule has 11 nitrogen and oxygen atoms in total. The van der Waals surface area contributed by atoms with E-state index in [1.54, 1.807) is 17.8 Å². The molecule has 0 bridgehead atoms. The minimum absolute atomic E-state index is 0.0396. The molecular formula is C25H32N6O5S. The summed E-state index contributed by atoms with van der Waals surface area (Å²) in [5.74, 6) is 1.26. The maximum absolute atomic E-state index is 11.9. The molecular weight excluding hydrogens is 496 g/mol. The second-order valence-electron chi connectivity index (χ2n) is 9.68. The van der Waals surface area contributed by atoms with Crippen molar-refractivity contribution in [3.05, 3.63) is 36.2 Å². The fraction of sp³-hybridized carbons (Fsp3) is 0.480. The largest absolute Gasteiger partial charge is 0.495 e. The van der Waals surface area contributed by atoms with Crippen LogP contribution in [-0.2, 0) is 14.8 Å². The highest BCUT2D eigenvalue weighted by Gasteiger charge is 2.29. The molecule has 2 aromatic heterocycles. The number of ether oxygens (including phenoxy) is 2. The molecule has 1 amide bonds. The predicted molar refractivity (Wildman–Crippen MR) is 140 cm³/mol. The summed E-state index contributed by atoms with van der Waals surface area (Å²) in [6.07, 6.45) is 5.11. The van der Waals surface area contributed by atoms with E-state index in [1.165, 1.54) is 10.6 Å². The van der Waals surface area contributed by atoms with E-state index in [-0.39, 0.29) is 17.9 Å². The SMILES string of the molecule is COc1cc(-c2cn3ncc(C)c3c(O[C@H](C)[C@H]3CNC(=O)C3)n2)ccc1N1CCN(S(C)(=O)=O)CC1. The lowest BCUT2D eigenvalue weighted by atomic mass is 10.0. The van der Waals surface area contributed by atoms with Crippen LogP contribution in [0.2, 0.25) is 0 Å². The molecule has 2 fully saturated rings. The van der Waals surface area contributed by atoms with E-state index in [2.05, 4.69) is 15.3 Å². The number of methoxy groups -OCH3 is 1. The Hall–Kier alpha value is -3.38. The number of piperazine rings is 1. The van der Waals surface area contributed by atoms with Crippen LogP contribution in [-0.4, -0.2) is 85.4 Å². The number of aromatic nitrogens is 3. The summed E-state index contributed by atoms with van der Waals surface area (Å²) in [6.45, 7) is 6.53. The van der Waals surface area contributed by atoms with Gasteiger partial charge < -0.3 is 19.7 Å². The normalized spacial score (nSPS) is 19.7. The van der Waals surface area contributed by atoms with Gasteiger partial charge in [-0.3, -0.25) is 4.79 Å². The van der Waals surface area contributed by atoms with Gasteiger partial charge in [0.2, 0.25) is 21.8 Å². The van der Waals surface area contributed by atoms with Crippen molar-refractivity contribution in [2.45, 2.75) is 26.4 Å². The Morgan fingerprint density at radius 1 is 1.19 bits per heavy atom. The van der Waals surface area contributed by atoms with E-state index in [9.17, 15) is 13.2 Å². The maximum atomic E-state index is 11.9. The van der Waals surface area contributed by atoms with Gasteiger partial charge in [-0.1, -0.05) is 6.07 Å². The van der Waals surface area contributed by atoms with E-state index < -0.39 is 10.0 Å². The Morgan fingerprint density at radius 3 is 2.59 bits per heavy atom. The first-order valence-electron chi connectivity index (χ1n) is 12.3. The molecule has 2 saturated heterocycles. The molecule has 5 rings (SSSR count). The number of nitrogens with zero attached hydrogens (tertiary/aromatic N) is 5. The van der Waals surface area contributed by atoms with Crippen LogP contribution in [0.1, 0.15) is 18.9 Å². The van der Waals surface area contributed by atoms with Crippen molar-refractivity contribution in [1.29, 1.82) is 0 Å². The monoisotopic (exact) mass is 528 g/mol. The van der Waals surface area contributed by atoms with Gasteiger partial charge in [-0.2, -0.15) is 9.40 Å². The van der Waals surface area contributed by atoms with Gasteiger partial charge >= 0.3 is 0 Å². The standard InChI is InChI=1S/C25H32N6O5S/c1-16-13-27-31-15-20(28-25(24(16)31)36-17(2)19-12-23(32)26-14-19)18-5-6-21(22(11-18)35-3)29-7-9-30(10-8-29)37(4,33)34/h5-6,11,13,15,17,19H,7-10,12,14H2,1-4H3,(H,26,32)/t17-,19-/m1/s1. The summed E-state index contributed by atoms with van der Waals surface area (Å²) in [5, 5.41) is 7.34. The zero-order chi connectivity index (χ0) is 26.3. The zero-order valence-electron chi connectivity index (χ0n) is 21.5. The van der Waals surface area contributed by atoms with Crippen molar-refractivity contribution < 1.29 is 22.7 Å². The number of sulfonamides is 1. The van der Waals surface area contributed by atoms with Gasteiger partial charge in [0.1, 0.15) is 17.4 Å². The van der Waals surface area contributed by atoms with E-state index in [1.807, 2.05) is 38.2 Å². The Balaban J connectivity index is 1.44. The predicted octanol–water partition coefficient (Wildman–Crippen LogP) is 1.70. The molecule has 0 spiro atoms. The number of carbonyl (C=O) groups is 1. The molecule has 4 heterocycles. The number of fused-ring (bicyclic) bond motifs is 1. The number of anilines is 1. The first-order valence-corrected chi connectivity index (χ1v) is 14.2. The molecule has 1 N–H and O–H groups in total. The first-order chi connectivity index (χ1) is 17.6. The molecule has 2 atom stereocenters. The van der Waals surface area contributed by atoms with E-state index in [4.69, 9.17) is 14.5 Å². The third-order valence-electron chi connectivity index (χ3n) is 7.14. The zero-order valence-corrected chi connectivity index (χ0v) is 22.3. The number of carbonyl (C=O) groups excluding carboxylic acids is 1. The fourth-order valence-electron chi connectivity index (χ4n) is 4.93. The third kappa shape index (κ3) is 5.08. The van der Waals surface area contributed by atoms with Crippen LogP contribution in [0.15, 0.2) is 30.6 Å². The highest BCUT2D eigenvalue weighted by atomic mass is 32.2. The van der Waals surface area contributed by atoms with Crippen LogP contribution in [0.25, 0.3) is 16.8 Å². The van der Waals surface area contributed by atoms with Gasteiger partial charge in [0.25, 0.3) is 0 Å². The second-order valence-corrected chi connectivity index (χ2v) is 11.7. The van der Waals surface area contributed by atoms with Crippen molar-refractivity contribution in [3.63, 3.8) is 0 Å². The number of benzene rings is 1. The van der Waals surface area contributed by atoms with Crippen molar-refractivity contribution in [2.24, 2.45) is 5.92 Å². The average molecular weight is 529 g/mol. The lowest BCUT2D eigenvalue weighted by molar-refractivity contribution is -0.119. The highest BCUT2D eigenvalue weighted by molar-refractivity contribution is 7.88. The molecule has 2 aliphatic rings. The maximum Gasteiger partial charge on any atom is 0.241 e. The quantitative estimate of drug-likeness (QED) is 0.492. The Bertz CT molecular complexity index is 1430. The second kappa shape index (κ2) is 9.82. The van der Waals surface area contributed by atoms with Crippen molar-refractivity contribution in [3.8, 4) is 22.9 Å². The van der Waals surface area contributed by atoms with Crippen LogP contribution in [0.4, 0.5) is 5.69 Å². The van der Waals surface area contributed by atoms with E-state index in [0.717, 1.165) is 22.3 Å². The molecule has 3 aromatic rings. The van der Waals surface area contributed by atoms with Gasteiger partial charge in [-0.25, -0.2) is 17.9 Å². The van der Waals surface area contributed by atoms with Gasteiger partial charge in [0.15, 0.2) is 0 Å². The third-order valence-corrected chi connectivity index (χ3v) is 8.44. The molecule has 37 heavy (non-hydrogen) atoms. The van der Waals surface area contributed by atoms with Gasteiger partial charge in [0, 0.05) is 56.2 Å². The number of hydrogen-bond donors (Lipinski definition) is 1. The molecule has 0 radical (unpaired) electrons. The number of nitrogens with one attached hydrogen (secondary N) is 1. The molecule has 198 valence electrons. The van der Waals surface area contributed by atoms with Crippen LogP contribution >= 0.6 is 0 Å². The molecule has 12 heteroatoms. The lowest BCUT2D eigenvalue weighted by Gasteiger charge is -2.35. The molecule has 1 aromatic carbocycles. The summed E-state index contributed by atoms with van der Waals surface area (Å²) < 4.78 is 39.0. The van der Waals surface area contributed by atoms with Crippen molar-refractivity contribution >= 4 is 27.1 Å².